The van der Waals surface area contributed by atoms with Gasteiger partial charge >= 0.3 is 0 Å². The third-order valence-electron chi connectivity index (χ3n) is 4.50. The van der Waals surface area contributed by atoms with E-state index in [2.05, 4.69) is 38.1 Å². The van der Waals surface area contributed by atoms with E-state index >= 15 is 0 Å². The molecule has 0 amide bonds. The van der Waals surface area contributed by atoms with Crippen LogP contribution in [0, 0.1) is 0 Å². The number of anilines is 2. The van der Waals surface area contributed by atoms with Crippen LogP contribution in [0.4, 0.5) is 11.4 Å². The Hall–Kier alpha value is -1.22. The Kier molecular flexibility index (Phi) is 4.35. The normalized spacial score (nSPS) is 19.9. The lowest BCUT2D eigenvalue weighted by Crippen LogP contribution is -2.50. The maximum Gasteiger partial charge on any atom is 0.108 e. The van der Waals surface area contributed by atoms with Gasteiger partial charge in [-0.1, -0.05) is 13.3 Å². The second-order valence-electron chi connectivity index (χ2n) is 6.34. The zero-order valence-electron chi connectivity index (χ0n) is 12.6. The van der Waals surface area contributed by atoms with Crippen molar-refractivity contribution in [2.75, 3.05) is 44.4 Å². The molecule has 2 rings (SSSR count). The molecule has 0 bridgehead atoms. The van der Waals surface area contributed by atoms with E-state index in [1.54, 1.807) is 0 Å². The van der Waals surface area contributed by atoms with E-state index in [1.807, 2.05) is 12.1 Å². The molecular weight excluding hydrogens is 234 g/mol. The Labute approximate surface area is 117 Å². The van der Waals surface area contributed by atoms with Crippen molar-refractivity contribution in [2.24, 2.45) is 0 Å². The van der Waals surface area contributed by atoms with Crippen LogP contribution in [0.25, 0.3) is 0 Å². The predicted octanol–water partition coefficient (Wildman–Crippen LogP) is 2.72. The standard InChI is InChI=1S/C16H28N3/c1-4-5-12-19(2,3)16-10-11-18(13-16)15-8-6-14(17)7-9-15/h6-9,16H,4-5,10-13,17H2,1-3H3/q+1. The summed E-state index contributed by atoms with van der Waals surface area (Å²) >= 11 is 0. The first kappa shape index (κ1) is 14.2. The molecular formula is C16H28N3+. The smallest absolute Gasteiger partial charge is 0.108 e. The fraction of sp³-hybridized carbons (Fsp3) is 0.625. The Bertz CT molecular complexity index is 397. The zero-order valence-corrected chi connectivity index (χ0v) is 12.6. The minimum atomic E-state index is 0.754. The summed E-state index contributed by atoms with van der Waals surface area (Å²) in [6, 6.07) is 9.04. The largest absolute Gasteiger partial charge is 0.399 e. The van der Waals surface area contributed by atoms with Gasteiger partial charge in [-0.05, 0) is 30.7 Å². The highest BCUT2D eigenvalue weighted by molar-refractivity contribution is 5.53. The summed E-state index contributed by atoms with van der Waals surface area (Å²) in [5.74, 6) is 0. The summed E-state index contributed by atoms with van der Waals surface area (Å²) in [5, 5.41) is 0. The molecule has 106 valence electrons. The number of hydrogen-bond acceptors (Lipinski definition) is 2. The Morgan fingerprint density at radius 1 is 1.26 bits per heavy atom. The summed E-state index contributed by atoms with van der Waals surface area (Å²) in [4.78, 5) is 2.50. The van der Waals surface area contributed by atoms with Gasteiger partial charge in [0.1, 0.15) is 6.04 Å². The Morgan fingerprint density at radius 2 is 1.95 bits per heavy atom. The minimum absolute atomic E-state index is 0.754. The lowest BCUT2D eigenvalue weighted by atomic mass is 10.1. The molecule has 2 N–H and O–H groups in total. The number of unbranched alkanes of at least 4 members (excludes halogenated alkanes) is 1. The predicted molar refractivity (Wildman–Crippen MR) is 83.4 cm³/mol. The summed E-state index contributed by atoms with van der Waals surface area (Å²) in [6.45, 7) is 5.90. The van der Waals surface area contributed by atoms with Crippen molar-refractivity contribution in [3.8, 4) is 0 Å². The monoisotopic (exact) mass is 262 g/mol. The molecule has 1 aliphatic heterocycles. The third-order valence-corrected chi connectivity index (χ3v) is 4.50. The second-order valence-corrected chi connectivity index (χ2v) is 6.34. The minimum Gasteiger partial charge on any atom is -0.399 e. The summed E-state index contributed by atoms with van der Waals surface area (Å²) in [7, 11) is 4.76. The Morgan fingerprint density at radius 3 is 2.58 bits per heavy atom. The molecule has 1 fully saturated rings. The molecule has 0 spiro atoms. The van der Waals surface area contributed by atoms with Gasteiger partial charge in [0.15, 0.2) is 0 Å². The van der Waals surface area contributed by atoms with E-state index in [0.29, 0.717) is 0 Å². The molecule has 0 radical (unpaired) electrons. The van der Waals surface area contributed by atoms with Crippen molar-refractivity contribution in [3.05, 3.63) is 24.3 Å². The van der Waals surface area contributed by atoms with Gasteiger partial charge < -0.3 is 15.1 Å². The van der Waals surface area contributed by atoms with E-state index in [0.717, 1.165) is 16.2 Å². The fourth-order valence-electron chi connectivity index (χ4n) is 2.98. The van der Waals surface area contributed by atoms with Gasteiger partial charge in [-0.25, -0.2) is 0 Å². The lowest BCUT2D eigenvalue weighted by Gasteiger charge is -2.36. The van der Waals surface area contributed by atoms with Gasteiger partial charge in [0.25, 0.3) is 0 Å². The van der Waals surface area contributed by atoms with Crippen LogP contribution < -0.4 is 10.6 Å². The van der Waals surface area contributed by atoms with Crippen molar-refractivity contribution in [1.82, 2.24) is 0 Å². The number of nitrogens with two attached hydrogens (primary N) is 1. The van der Waals surface area contributed by atoms with Crippen molar-refractivity contribution < 1.29 is 4.48 Å². The molecule has 1 saturated heterocycles. The van der Waals surface area contributed by atoms with Crippen molar-refractivity contribution in [1.29, 1.82) is 0 Å². The van der Waals surface area contributed by atoms with Crippen LogP contribution >= 0.6 is 0 Å². The number of benzene rings is 1. The van der Waals surface area contributed by atoms with Gasteiger partial charge in [-0.15, -0.1) is 0 Å². The first-order valence-electron chi connectivity index (χ1n) is 7.46. The van der Waals surface area contributed by atoms with E-state index < -0.39 is 0 Å². The van der Waals surface area contributed by atoms with Crippen LogP contribution in [-0.4, -0.2) is 44.3 Å². The fourth-order valence-corrected chi connectivity index (χ4v) is 2.98. The van der Waals surface area contributed by atoms with Gasteiger partial charge in [0.2, 0.25) is 0 Å². The first-order valence-corrected chi connectivity index (χ1v) is 7.46. The van der Waals surface area contributed by atoms with Crippen molar-refractivity contribution in [2.45, 2.75) is 32.2 Å². The van der Waals surface area contributed by atoms with Crippen LogP contribution in [0.1, 0.15) is 26.2 Å². The number of nitrogens with zero attached hydrogens (tertiary/aromatic N) is 2. The van der Waals surface area contributed by atoms with Crippen molar-refractivity contribution in [3.63, 3.8) is 0 Å². The van der Waals surface area contributed by atoms with Crippen LogP contribution in [0.5, 0.6) is 0 Å². The van der Waals surface area contributed by atoms with E-state index in [4.69, 9.17) is 5.73 Å². The molecule has 3 heteroatoms. The second kappa shape index (κ2) is 5.83. The molecule has 0 aromatic heterocycles. The maximum absolute atomic E-state index is 5.76. The molecule has 19 heavy (non-hydrogen) atoms. The van der Waals surface area contributed by atoms with Gasteiger partial charge in [0.05, 0.1) is 27.2 Å². The van der Waals surface area contributed by atoms with E-state index in [1.165, 1.54) is 44.6 Å². The number of likely N-dealkylation sites (N-methyl/N-ethyl adjacent to an activating group) is 1. The average molecular weight is 262 g/mol. The Balaban J connectivity index is 1.97. The number of quaternary nitrogens is 1. The lowest BCUT2D eigenvalue weighted by molar-refractivity contribution is -0.912. The highest BCUT2D eigenvalue weighted by Crippen LogP contribution is 2.26. The number of hydrogen-bond donors (Lipinski definition) is 1. The SMILES string of the molecule is CCCC[N+](C)(C)C1CCN(c2ccc(N)cc2)C1. The van der Waals surface area contributed by atoms with Crippen LogP contribution in [0.3, 0.4) is 0 Å². The van der Waals surface area contributed by atoms with Crippen LogP contribution in [0.15, 0.2) is 24.3 Å². The molecule has 0 saturated carbocycles. The maximum atomic E-state index is 5.76. The molecule has 1 aromatic carbocycles. The molecule has 1 aliphatic rings. The van der Waals surface area contributed by atoms with E-state index in [9.17, 15) is 0 Å². The topological polar surface area (TPSA) is 29.3 Å². The molecule has 3 nitrogen and oxygen atoms in total. The van der Waals surface area contributed by atoms with Crippen molar-refractivity contribution >= 4 is 11.4 Å². The average Bonchev–Trinajstić information content (AvgIpc) is 2.88. The number of nitrogen functional groups attached to an aromatic ring is 1. The van der Waals surface area contributed by atoms with Gasteiger partial charge in [-0.3, -0.25) is 0 Å². The molecule has 1 heterocycles. The number of rotatable bonds is 5. The quantitative estimate of drug-likeness (QED) is 0.653. The first-order chi connectivity index (χ1) is 9.03. The van der Waals surface area contributed by atoms with Crippen LogP contribution in [0.2, 0.25) is 0 Å². The highest BCUT2D eigenvalue weighted by Gasteiger charge is 2.34. The molecule has 1 atom stereocenters. The molecule has 0 aliphatic carbocycles. The summed E-state index contributed by atoms with van der Waals surface area (Å²) < 4.78 is 1.15. The highest BCUT2D eigenvalue weighted by atomic mass is 15.4. The summed E-state index contributed by atoms with van der Waals surface area (Å²) in [5.41, 5.74) is 7.91. The molecule has 1 aromatic rings. The summed E-state index contributed by atoms with van der Waals surface area (Å²) in [6.07, 6.45) is 3.91. The van der Waals surface area contributed by atoms with Crippen LogP contribution in [-0.2, 0) is 0 Å². The van der Waals surface area contributed by atoms with E-state index in [-0.39, 0.29) is 0 Å². The zero-order chi connectivity index (χ0) is 13.9. The third kappa shape index (κ3) is 3.41. The molecule has 1 unspecified atom stereocenters. The van der Waals surface area contributed by atoms with Gasteiger partial charge in [-0.2, -0.15) is 0 Å². The van der Waals surface area contributed by atoms with Gasteiger partial charge in [0, 0.05) is 24.3 Å².